The Morgan fingerprint density at radius 3 is 0.819 bits per heavy atom. The van der Waals surface area contributed by atoms with E-state index in [4.69, 9.17) is 19.9 Å². The molecule has 12 aromatic heterocycles. The Morgan fingerprint density at radius 2 is 0.529 bits per heavy atom. The van der Waals surface area contributed by atoms with Crippen molar-refractivity contribution in [1.29, 1.82) is 0 Å². The Morgan fingerprint density at radius 1 is 0.261 bits per heavy atom. The summed E-state index contributed by atoms with van der Waals surface area (Å²) < 4.78 is 215. The van der Waals surface area contributed by atoms with Gasteiger partial charge < -0.3 is 38.7 Å². The molecule has 0 N–H and O–H groups in total. The topological polar surface area (TPSA) is 174 Å². The van der Waals surface area contributed by atoms with Gasteiger partial charge in [-0.1, -0.05) is 194 Å². The minimum absolute atomic E-state index is 0. The number of rotatable bonds is 16. The van der Waals surface area contributed by atoms with Crippen molar-refractivity contribution in [1.82, 2.24) is 79.0 Å². The molecule has 16 nitrogen and oxygen atoms in total. The summed E-state index contributed by atoms with van der Waals surface area (Å²) in [5, 5.41) is 14.2. The first-order valence-electron chi connectivity index (χ1n) is 40.7. The van der Waals surface area contributed by atoms with E-state index in [1.807, 2.05) is 123 Å². The number of halogens is 16. The summed E-state index contributed by atoms with van der Waals surface area (Å²) in [7, 11) is 0. The second-order valence-electron chi connectivity index (χ2n) is 31.8. The molecular formula is C102H66F16N16Pt4. The molecular weight excluding hydrogens is 2530 g/mol. The molecule has 19 rings (SSSR count). The average Bonchev–Trinajstić information content (AvgIpc) is 1.53. The van der Waals surface area contributed by atoms with Gasteiger partial charge in [-0.2, -0.15) is 52.7 Å². The van der Waals surface area contributed by atoms with E-state index in [-0.39, 0.29) is 124 Å². The normalized spacial score (nSPS) is 12.2. The van der Waals surface area contributed by atoms with E-state index in [1.54, 1.807) is 98.8 Å². The summed E-state index contributed by atoms with van der Waals surface area (Å²) in [6.07, 6.45) is -8.80. The summed E-state index contributed by atoms with van der Waals surface area (Å²) in [5.41, 5.74) is 5.16. The number of hydrogen-bond acceptors (Lipinski definition) is 12. The Bertz CT molecular complexity index is 6880. The standard InChI is InChI=1S/C31H16F6N6.C25H16F4N2.C25H20N2.C21H14F6N6.4Pt/c32-30(33,34)25-15-17-42(40-25)27-13-5-11-23(38-27)29(21-9-3-1-7-19(21)20-8-2-4-10-22(20)29)24-12-6-14-28(39-24)43-18-16-26(41-43)31(35,36)37;1-25(2,23-7-3-5-21(30-23)17-11-9-15(26)13-19(17)28)24-8-4-6-22(31-24)18-12-10-16(27)14-20(18)29;1-25(2,23-17-9-15-21(26-23)19-11-5-3-6-12-19)24-18-10-16-22(27-24)20-13-7-4-8-14-20;1-19(2,13-5-3-7-17(28-13)32-11-9-15(30-32)20(22,23)24)14-6-4-8-18(29-14)33-12-10-16(31-33)21(25,26)27;;;;/h1-16H;3-10,13-14H,1-2H3;3-11,13,15-18H,1-2H3;3-10H,1-2H3;;;;/q4*-2;4*+2. The molecule has 1 aliphatic rings. The Kier molecular flexibility index (Phi) is 31.7. The van der Waals surface area contributed by atoms with Crippen LogP contribution in [0.25, 0.3) is 79.4 Å². The van der Waals surface area contributed by atoms with Crippen LogP contribution < -0.4 is 0 Å². The maximum Gasteiger partial charge on any atom is 2.00 e. The summed E-state index contributed by atoms with van der Waals surface area (Å²) in [4.78, 5) is 37.3. The van der Waals surface area contributed by atoms with Crippen molar-refractivity contribution in [3.8, 4) is 79.4 Å². The summed E-state index contributed by atoms with van der Waals surface area (Å²) in [6, 6.07) is 90.9. The van der Waals surface area contributed by atoms with Gasteiger partial charge in [-0.25, -0.2) is 0 Å². The number of benzene rings is 6. The monoisotopic (exact) mass is 2600 g/mol. The Hall–Kier alpha value is -13.0. The minimum Gasteiger partial charge on any atom is -0.343 e. The number of pyridine rings is 8. The second-order valence-corrected chi connectivity index (χ2v) is 31.8. The van der Waals surface area contributed by atoms with Crippen molar-refractivity contribution in [2.24, 2.45) is 0 Å². The van der Waals surface area contributed by atoms with Crippen molar-refractivity contribution in [3.63, 3.8) is 0 Å². The molecule has 0 saturated carbocycles. The van der Waals surface area contributed by atoms with E-state index in [1.165, 1.54) is 24.3 Å². The van der Waals surface area contributed by atoms with Crippen molar-refractivity contribution >= 4 is 0 Å². The van der Waals surface area contributed by atoms with Crippen LogP contribution in [0.5, 0.6) is 0 Å². The van der Waals surface area contributed by atoms with E-state index in [0.29, 0.717) is 45.6 Å². The third kappa shape index (κ3) is 22.2. The molecule has 0 bridgehead atoms. The molecule has 0 radical (unpaired) electrons. The molecule has 0 unspecified atom stereocenters. The quantitative estimate of drug-likeness (QED) is 0.0662. The van der Waals surface area contributed by atoms with Crippen LogP contribution in [0.1, 0.15) is 121 Å². The van der Waals surface area contributed by atoms with Crippen molar-refractivity contribution in [3.05, 3.63) is 443 Å². The fourth-order valence-electron chi connectivity index (χ4n) is 14.9. The zero-order valence-electron chi connectivity index (χ0n) is 72.2. The Labute approximate surface area is 837 Å². The van der Waals surface area contributed by atoms with Gasteiger partial charge in [0, 0.05) is 85.1 Å². The number of aromatic nitrogens is 16. The molecule has 0 saturated heterocycles. The summed E-state index contributed by atoms with van der Waals surface area (Å²) >= 11 is 0. The predicted octanol–water partition coefficient (Wildman–Crippen LogP) is 23.7. The van der Waals surface area contributed by atoms with E-state index in [9.17, 15) is 70.2 Å². The van der Waals surface area contributed by atoms with Crippen molar-refractivity contribution in [2.75, 3.05) is 0 Å². The third-order valence-corrected chi connectivity index (χ3v) is 21.8. The van der Waals surface area contributed by atoms with Crippen LogP contribution in [0.15, 0.2) is 291 Å². The molecule has 0 amide bonds. The van der Waals surface area contributed by atoms with E-state index in [0.717, 1.165) is 123 Å². The fraction of sp³-hybridized carbons (Fsp3) is 0.137. The molecule has 0 atom stereocenters. The van der Waals surface area contributed by atoms with Gasteiger partial charge >= 0.3 is 109 Å². The number of fused-ring (bicyclic) bond motifs is 3. The third-order valence-electron chi connectivity index (χ3n) is 21.8. The van der Waals surface area contributed by atoms with Crippen molar-refractivity contribution in [2.45, 2.75) is 87.9 Å². The molecule has 138 heavy (non-hydrogen) atoms. The van der Waals surface area contributed by atoms with Gasteiger partial charge in [-0.15, -0.1) is 120 Å². The van der Waals surface area contributed by atoms with Gasteiger partial charge in [-0.3, -0.25) is 57.9 Å². The van der Waals surface area contributed by atoms with Gasteiger partial charge in [-0.05, 0) is 135 Å². The second kappa shape index (κ2) is 42.1. The smallest absolute Gasteiger partial charge is 0.343 e. The van der Waals surface area contributed by atoms with Gasteiger partial charge in [0.1, 0.15) is 5.41 Å². The van der Waals surface area contributed by atoms with Crippen LogP contribution in [0.4, 0.5) is 70.2 Å². The molecule has 1 aliphatic carbocycles. The first-order chi connectivity index (χ1) is 63.8. The molecule has 36 heteroatoms. The zero-order chi connectivity index (χ0) is 94.9. The largest absolute Gasteiger partial charge is 2.00 e. The molecule has 6 aromatic carbocycles. The number of nitrogens with zero attached hydrogens (tertiary/aromatic N) is 16. The molecule has 0 spiro atoms. The van der Waals surface area contributed by atoms with Crippen LogP contribution >= 0.6 is 0 Å². The first kappa shape index (κ1) is 104. The summed E-state index contributed by atoms with van der Waals surface area (Å²) in [6.45, 7) is 11.6. The maximum absolute atomic E-state index is 14.2. The molecule has 12 heterocycles. The zero-order valence-corrected chi connectivity index (χ0v) is 81.3. The van der Waals surface area contributed by atoms with Crippen LogP contribution in [0.3, 0.4) is 0 Å². The predicted molar refractivity (Wildman–Crippen MR) is 462 cm³/mol. The van der Waals surface area contributed by atoms with Gasteiger partial charge in [0.2, 0.25) is 0 Å². The molecule has 0 fully saturated rings. The SMILES string of the molecule is CC(C)(c1cccc(-c2[c-]cc(F)cc2F)n1)c1cccc(-c2[c-]cc(F)cc2F)n1.CC(C)(c1cccc(-c2[c-]cccc2)n1)c1cccc(-c2[c-]cccc2)n1.CC(C)(c1cccc(-n2[c-]cc(C(F)(F)F)n2)n1)c1cccc(-n2[c-]cc(C(F)(F)F)n2)n1.FC(F)(F)c1c[c-]n(-c2cccc(C3(c4cccc(-n5[c-]cc(C(F)(F)F)n5)n4)c4ccccc4-c4ccccc43)n2)n1.[Pt+2].[Pt+2].[Pt+2].[Pt+2]. The van der Waals surface area contributed by atoms with Gasteiger partial charge in [0.25, 0.3) is 0 Å². The van der Waals surface area contributed by atoms with Gasteiger partial charge in [0.15, 0.2) is 0 Å². The first-order valence-corrected chi connectivity index (χ1v) is 40.7. The maximum atomic E-state index is 14.2. The molecule has 18 aromatic rings. The minimum atomic E-state index is -4.66. The molecule has 706 valence electrons. The van der Waals surface area contributed by atoms with Crippen LogP contribution in [-0.2, 0) is 131 Å². The number of alkyl halides is 12. The van der Waals surface area contributed by atoms with Crippen LogP contribution in [-0.4, -0.2) is 79.0 Å². The van der Waals surface area contributed by atoms with Crippen molar-refractivity contribution < 1.29 is 155 Å². The number of hydrogen-bond donors (Lipinski definition) is 0. The van der Waals surface area contributed by atoms with E-state index >= 15 is 0 Å². The van der Waals surface area contributed by atoms with Crippen LogP contribution in [0, 0.1) is 72.3 Å². The summed E-state index contributed by atoms with van der Waals surface area (Å²) in [5.74, 6) is -2.56. The molecule has 0 aliphatic heterocycles. The average molecular weight is 2600 g/mol. The van der Waals surface area contributed by atoms with E-state index < -0.39 is 87.0 Å². The van der Waals surface area contributed by atoms with E-state index in [2.05, 4.69) is 127 Å². The Balaban J connectivity index is 0.000000166. The van der Waals surface area contributed by atoms with Crippen LogP contribution in [0.2, 0.25) is 0 Å². The van der Waals surface area contributed by atoms with Gasteiger partial charge in [0.05, 0.1) is 46.0 Å². The fourth-order valence-corrected chi connectivity index (χ4v) is 14.9.